The highest BCUT2D eigenvalue weighted by Crippen LogP contribution is 2.50. The first-order chi connectivity index (χ1) is 16.4. The molecule has 2 amide bonds. The van der Waals surface area contributed by atoms with Crippen LogP contribution >= 0.6 is 0 Å². The molecule has 1 fully saturated rings. The van der Waals surface area contributed by atoms with Gasteiger partial charge in [0.15, 0.2) is 0 Å². The fourth-order valence-corrected chi connectivity index (χ4v) is 5.57. The normalized spacial score (nSPS) is 21.8. The SMILES string of the molecule is CCN(C(=O)[C@H](C)CC(=O)O)[C@H]1c2ccccc2N(C(=O)OCc2ccccc2)[C@@H]2CCC[C@@H]21. The van der Waals surface area contributed by atoms with Crippen LogP contribution in [0, 0.1) is 11.8 Å². The number of amides is 2. The number of anilines is 1. The Labute approximate surface area is 200 Å². The maximum absolute atomic E-state index is 13.3. The molecule has 1 saturated carbocycles. The van der Waals surface area contributed by atoms with Crippen LogP contribution < -0.4 is 4.90 Å². The Hall–Kier alpha value is -3.35. The summed E-state index contributed by atoms with van der Waals surface area (Å²) in [7, 11) is 0. The lowest BCUT2D eigenvalue weighted by Gasteiger charge is -2.47. The van der Waals surface area contributed by atoms with Crippen LogP contribution in [0.5, 0.6) is 0 Å². The van der Waals surface area contributed by atoms with E-state index < -0.39 is 11.9 Å². The van der Waals surface area contributed by atoms with Crippen molar-refractivity contribution in [2.24, 2.45) is 11.8 Å². The van der Waals surface area contributed by atoms with Gasteiger partial charge in [0.2, 0.25) is 5.91 Å². The topological polar surface area (TPSA) is 87.2 Å². The molecule has 34 heavy (non-hydrogen) atoms. The maximum Gasteiger partial charge on any atom is 0.414 e. The Morgan fingerprint density at radius 3 is 2.50 bits per heavy atom. The average Bonchev–Trinajstić information content (AvgIpc) is 3.31. The third-order valence-corrected chi connectivity index (χ3v) is 7.05. The number of para-hydroxylation sites is 1. The van der Waals surface area contributed by atoms with E-state index in [1.165, 1.54) is 0 Å². The first kappa shape index (κ1) is 23.8. The van der Waals surface area contributed by atoms with Gasteiger partial charge in [-0.3, -0.25) is 14.5 Å². The van der Waals surface area contributed by atoms with Crippen molar-refractivity contribution >= 4 is 23.7 Å². The van der Waals surface area contributed by atoms with Gasteiger partial charge in [0, 0.05) is 24.4 Å². The number of fused-ring (bicyclic) bond motifs is 2. The molecule has 1 heterocycles. The largest absolute Gasteiger partial charge is 0.481 e. The Kier molecular flexibility index (Phi) is 7.20. The lowest BCUT2D eigenvalue weighted by molar-refractivity contribution is -0.146. The molecule has 0 aromatic heterocycles. The summed E-state index contributed by atoms with van der Waals surface area (Å²) in [6.45, 7) is 4.28. The molecule has 1 aliphatic heterocycles. The third kappa shape index (κ3) is 4.65. The fraction of sp³-hybridized carbons (Fsp3) is 0.444. The van der Waals surface area contributed by atoms with Crippen molar-refractivity contribution in [2.45, 2.75) is 58.2 Å². The van der Waals surface area contributed by atoms with E-state index in [0.717, 1.165) is 36.1 Å². The van der Waals surface area contributed by atoms with Crippen LogP contribution in [0.1, 0.15) is 56.7 Å². The molecule has 4 atom stereocenters. The van der Waals surface area contributed by atoms with Crippen LogP contribution in [0.25, 0.3) is 0 Å². The van der Waals surface area contributed by atoms with E-state index in [2.05, 4.69) is 0 Å². The van der Waals surface area contributed by atoms with Crippen molar-refractivity contribution in [2.75, 3.05) is 11.4 Å². The summed E-state index contributed by atoms with van der Waals surface area (Å²) in [4.78, 5) is 41.5. The molecular weight excluding hydrogens is 432 g/mol. The molecule has 7 heteroatoms. The van der Waals surface area contributed by atoms with Gasteiger partial charge in [-0.05, 0) is 37.0 Å². The van der Waals surface area contributed by atoms with Crippen molar-refractivity contribution in [1.29, 1.82) is 0 Å². The molecule has 1 aliphatic carbocycles. The highest BCUT2D eigenvalue weighted by Gasteiger charge is 2.49. The van der Waals surface area contributed by atoms with Gasteiger partial charge in [-0.2, -0.15) is 0 Å². The zero-order valence-corrected chi connectivity index (χ0v) is 19.7. The van der Waals surface area contributed by atoms with Gasteiger partial charge in [0.05, 0.1) is 18.2 Å². The van der Waals surface area contributed by atoms with Crippen molar-refractivity contribution < 1.29 is 24.2 Å². The van der Waals surface area contributed by atoms with Gasteiger partial charge in [-0.25, -0.2) is 4.79 Å². The number of hydrogen-bond acceptors (Lipinski definition) is 4. The molecule has 0 spiro atoms. The molecule has 0 unspecified atom stereocenters. The van der Waals surface area contributed by atoms with E-state index in [1.54, 1.807) is 11.8 Å². The number of carbonyl (C=O) groups is 3. The summed E-state index contributed by atoms with van der Waals surface area (Å²) >= 11 is 0. The van der Waals surface area contributed by atoms with Gasteiger partial charge < -0.3 is 14.7 Å². The predicted molar refractivity (Wildman–Crippen MR) is 128 cm³/mol. The van der Waals surface area contributed by atoms with Crippen molar-refractivity contribution in [1.82, 2.24) is 4.90 Å². The van der Waals surface area contributed by atoms with E-state index in [-0.39, 0.29) is 43.0 Å². The van der Waals surface area contributed by atoms with Crippen LogP contribution in [-0.4, -0.2) is 40.6 Å². The quantitative estimate of drug-likeness (QED) is 0.622. The van der Waals surface area contributed by atoms with Gasteiger partial charge in [0.25, 0.3) is 0 Å². The Morgan fingerprint density at radius 2 is 1.79 bits per heavy atom. The smallest absolute Gasteiger partial charge is 0.414 e. The Bertz CT molecular complexity index is 1040. The standard InChI is InChI=1S/C27H32N2O5/c1-3-28(26(32)18(2)16-24(30)31)25-20-12-7-8-14-22(20)29(23-15-9-13-21(23)25)27(33)34-17-19-10-5-4-6-11-19/h4-8,10-12,14,18,21,23,25H,3,9,13,15-17H2,1-2H3,(H,30,31)/t18-,21+,23-,25+/m1/s1. The molecule has 1 N–H and O–H groups in total. The van der Waals surface area contributed by atoms with E-state index in [1.807, 2.05) is 66.4 Å². The average molecular weight is 465 g/mol. The summed E-state index contributed by atoms with van der Waals surface area (Å²) < 4.78 is 5.73. The molecule has 2 aromatic rings. The zero-order chi connectivity index (χ0) is 24.2. The lowest BCUT2D eigenvalue weighted by Crippen LogP contribution is -2.53. The Balaban J connectivity index is 1.65. The second-order valence-electron chi connectivity index (χ2n) is 9.20. The predicted octanol–water partition coefficient (Wildman–Crippen LogP) is 5.01. The van der Waals surface area contributed by atoms with Crippen LogP contribution in [0.15, 0.2) is 54.6 Å². The number of rotatable bonds is 7. The molecule has 0 bridgehead atoms. The van der Waals surface area contributed by atoms with Crippen LogP contribution in [0.4, 0.5) is 10.5 Å². The van der Waals surface area contributed by atoms with Gasteiger partial charge in [-0.1, -0.05) is 61.9 Å². The van der Waals surface area contributed by atoms with Crippen molar-refractivity contribution in [3.63, 3.8) is 0 Å². The monoisotopic (exact) mass is 464 g/mol. The molecule has 7 nitrogen and oxygen atoms in total. The molecule has 2 aliphatic rings. The van der Waals surface area contributed by atoms with Gasteiger partial charge in [0.1, 0.15) is 6.61 Å². The number of carbonyl (C=O) groups excluding carboxylic acids is 2. The van der Waals surface area contributed by atoms with E-state index in [4.69, 9.17) is 4.74 Å². The molecule has 4 rings (SSSR count). The maximum atomic E-state index is 13.3. The molecule has 0 radical (unpaired) electrons. The van der Waals surface area contributed by atoms with Crippen molar-refractivity contribution in [3.05, 3.63) is 65.7 Å². The number of carboxylic acids is 1. The molecule has 0 saturated heterocycles. The minimum absolute atomic E-state index is 0.0695. The van der Waals surface area contributed by atoms with Crippen LogP contribution in [0.2, 0.25) is 0 Å². The van der Waals surface area contributed by atoms with E-state index in [0.29, 0.717) is 6.54 Å². The second-order valence-corrected chi connectivity index (χ2v) is 9.20. The number of nitrogens with zero attached hydrogens (tertiary/aromatic N) is 2. The Morgan fingerprint density at radius 1 is 1.09 bits per heavy atom. The fourth-order valence-electron chi connectivity index (χ4n) is 5.57. The number of benzene rings is 2. The first-order valence-electron chi connectivity index (χ1n) is 12.0. The van der Waals surface area contributed by atoms with E-state index in [9.17, 15) is 19.5 Å². The number of carboxylic acid groups (broad SMARTS) is 1. The van der Waals surface area contributed by atoms with E-state index >= 15 is 0 Å². The highest BCUT2D eigenvalue weighted by molar-refractivity contribution is 5.91. The summed E-state index contributed by atoms with van der Waals surface area (Å²) in [6, 6.07) is 17.1. The highest BCUT2D eigenvalue weighted by atomic mass is 16.6. The third-order valence-electron chi connectivity index (χ3n) is 7.05. The van der Waals surface area contributed by atoms with Crippen LogP contribution in [-0.2, 0) is 20.9 Å². The minimum Gasteiger partial charge on any atom is -0.481 e. The second kappa shape index (κ2) is 10.3. The molecule has 180 valence electrons. The van der Waals surface area contributed by atoms with Gasteiger partial charge in [-0.15, -0.1) is 0 Å². The lowest BCUT2D eigenvalue weighted by atomic mass is 9.81. The van der Waals surface area contributed by atoms with Gasteiger partial charge >= 0.3 is 12.1 Å². The summed E-state index contributed by atoms with van der Waals surface area (Å²) in [5.41, 5.74) is 2.61. The summed E-state index contributed by atoms with van der Waals surface area (Å²) in [6.07, 6.45) is 2.12. The first-order valence-corrected chi connectivity index (χ1v) is 12.0. The number of aliphatic carboxylic acids is 1. The summed E-state index contributed by atoms with van der Waals surface area (Å²) in [5, 5.41) is 9.21. The van der Waals surface area contributed by atoms with Crippen LogP contribution in [0.3, 0.4) is 0 Å². The molecule has 2 aromatic carbocycles. The number of ether oxygens (including phenoxy) is 1. The zero-order valence-electron chi connectivity index (χ0n) is 19.7. The minimum atomic E-state index is -0.980. The van der Waals surface area contributed by atoms with Crippen molar-refractivity contribution in [3.8, 4) is 0 Å². The molecular formula is C27H32N2O5. The summed E-state index contributed by atoms with van der Waals surface area (Å²) in [5.74, 6) is -1.68. The number of hydrogen-bond donors (Lipinski definition) is 1.